The standard InChI is InChI=1S/C19H20BrN5O2S/c1-24(11-12-27-17-9-7-16(20)8-10-17)18(26)14-28-19-21-22-23-25(19)13-15-5-3-2-4-6-15/h2-10H,11-14H2,1H3. The fourth-order valence-electron chi connectivity index (χ4n) is 2.35. The molecule has 0 N–H and O–H groups in total. The van der Waals surface area contributed by atoms with Crippen LogP contribution in [-0.2, 0) is 11.3 Å². The summed E-state index contributed by atoms with van der Waals surface area (Å²) >= 11 is 4.72. The average Bonchev–Trinajstić information content (AvgIpc) is 3.15. The van der Waals surface area contributed by atoms with E-state index in [0.29, 0.717) is 24.9 Å². The van der Waals surface area contributed by atoms with Gasteiger partial charge in [0.05, 0.1) is 18.8 Å². The van der Waals surface area contributed by atoms with Gasteiger partial charge in [-0.15, -0.1) is 5.10 Å². The zero-order valence-corrected chi connectivity index (χ0v) is 17.8. The molecule has 1 aromatic heterocycles. The highest BCUT2D eigenvalue weighted by molar-refractivity contribution is 9.10. The quantitative estimate of drug-likeness (QED) is 0.455. The van der Waals surface area contributed by atoms with Crippen LogP contribution in [0.2, 0.25) is 0 Å². The van der Waals surface area contributed by atoms with Gasteiger partial charge in [0.2, 0.25) is 11.1 Å². The number of thioether (sulfide) groups is 1. The third-order valence-electron chi connectivity index (χ3n) is 3.93. The number of hydrogen-bond acceptors (Lipinski definition) is 6. The molecule has 0 bridgehead atoms. The summed E-state index contributed by atoms with van der Waals surface area (Å²) in [5.41, 5.74) is 1.10. The minimum Gasteiger partial charge on any atom is -0.492 e. The number of halogens is 1. The van der Waals surface area contributed by atoms with Gasteiger partial charge < -0.3 is 9.64 Å². The van der Waals surface area contributed by atoms with Gasteiger partial charge in [0.25, 0.3) is 0 Å². The van der Waals surface area contributed by atoms with Gasteiger partial charge in [-0.05, 0) is 40.3 Å². The van der Waals surface area contributed by atoms with Crippen molar-refractivity contribution < 1.29 is 9.53 Å². The maximum Gasteiger partial charge on any atom is 0.232 e. The molecule has 2 aromatic carbocycles. The molecule has 1 heterocycles. The lowest BCUT2D eigenvalue weighted by molar-refractivity contribution is -0.127. The van der Waals surface area contributed by atoms with Crippen molar-refractivity contribution in [3.8, 4) is 5.75 Å². The number of nitrogens with zero attached hydrogens (tertiary/aromatic N) is 5. The third-order valence-corrected chi connectivity index (χ3v) is 5.40. The van der Waals surface area contributed by atoms with Gasteiger partial charge >= 0.3 is 0 Å². The molecule has 0 saturated heterocycles. The normalized spacial score (nSPS) is 10.6. The van der Waals surface area contributed by atoms with E-state index in [1.54, 1.807) is 16.6 Å². The first kappa shape index (κ1) is 20.3. The number of tetrazole rings is 1. The molecule has 7 nitrogen and oxygen atoms in total. The van der Waals surface area contributed by atoms with Gasteiger partial charge in [0, 0.05) is 11.5 Å². The number of likely N-dealkylation sites (N-methyl/N-ethyl adjacent to an activating group) is 1. The topological polar surface area (TPSA) is 73.1 Å². The van der Waals surface area contributed by atoms with Crippen molar-refractivity contribution in [1.29, 1.82) is 0 Å². The van der Waals surface area contributed by atoms with Crippen molar-refractivity contribution in [3.05, 3.63) is 64.6 Å². The van der Waals surface area contributed by atoms with Crippen LogP contribution in [0.1, 0.15) is 5.56 Å². The molecule has 0 aliphatic carbocycles. The Kier molecular flexibility index (Phi) is 7.44. The minimum absolute atomic E-state index is 0.00123. The second-order valence-electron chi connectivity index (χ2n) is 6.01. The molecular formula is C19H20BrN5O2S. The third kappa shape index (κ3) is 6.07. The van der Waals surface area contributed by atoms with Crippen LogP contribution in [-0.4, -0.2) is 57.0 Å². The van der Waals surface area contributed by atoms with E-state index in [0.717, 1.165) is 15.8 Å². The van der Waals surface area contributed by atoms with E-state index < -0.39 is 0 Å². The maximum atomic E-state index is 12.4. The molecular weight excluding hydrogens is 442 g/mol. The molecule has 0 aliphatic heterocycles. The molecule has 1 amide bonds. The predicted molar refractivity (Wildman–Crippen MR) is 111 cm³/mol. The number of aromatic nitrogens is 4. The molecule has 146 valence electrons. The van der Waals surface area contributed by atoms with Crippen LogP contribution in [0.5, 0.6) is 5.75 Å². The Morgan fingerprint density at radius 1 is 1.18 bits per heavy atom. The predicted octanol–water partition coefficient (Wildman–Crippen LogP) is 3.11. The van der Waals surface area contributed by atoms with E-state index in [9.17, 15) is 4.79 Å². The largest absolute Gasteiger partial charge is 0.492 e. The number of carbonyl (C=O) groups excluding carboxylic acids is 1. The second-order valence-corrected chi connectivity index (χ2v) is 7.87. The van der Waals surface area contributed by atoms with E-state index in [-0.39, 0.29) is 11.7 Å². The Labute approximate surface area is 176 Å². The first-order valence-corrected chi connectivity index (χ1v) is 10.4. The Balaban J connectivity index is 1.43. The first-order chi connectivity index (χ1) is 13.6. The van der Waals surface area contributed by atoms with Crippen LogP contribution in [0.15, 0.2) is 64.2 Å². The highest BCUT2D eigenvalue weighted by Crippen LogP contribution is 2.17. The molecule has 0 saturated carbocycles. The van der Waals surface area contributed by atoms with E-state index in [2.05, 4.69) is 31.5 Å². The van der Waals surface area contributed by atoms with Crippen molar-refractivity contribution in [3.63, 3.8) is 0 Å². The van der Waals surface area contributed by atoms with Crippen molar-refractivity contribution in [2.75, 3.05) is 26.0 Å². The van der Waals surface area contributed by atoms with Crippen LogP contribution in [0.25, 0.3) is 0 Å². The first-order valence-electron chi connectivity index (χ1n) is 8.67. The van der Waals surface area contributed by atoms with Gasteiger partial charge in [0.15, 0.2) is 0 Å². The van der Waals surface area contributed by atoms with Gasteiger partial charge in [0.1, 0.15) is 12.4 Å². The van der Waals surface area contributed by atoms with Crippen LogP contribution < -0.4 is 4.74 Å². The lowest BCUT2D eigenvalue weighted by atomic mass is 10.2. The van der Waals surface area contributed by atoms with Crippen molar-refractivity contribution in [1.82, 2.24) is 25.1 Å². The number of benzene rings is 2. The molecule has 0 unspecified atom stereocenters. The summed E-state index contributed by atoms with van der Waals surface area (Å²) < 4.78 is 8.36. The lowest BCUT2D eigenvalue weighted by Crippen LogP contribution is -2.32. The second kappa shape index (κ2) is 10.2. The summed E-state index contributed by atoms with van der Waals surface area (Å²) in [6.07, 6.45) is 0. The zero-order chi connectivity index (χ0) is 19.8. The highest BCUT2D eigenvalue weighted by Gasteiger charge is 2.13. The number of rotatable bonds is 9. The minimum atomic E-state index is -0.00123. The van der Waals surface area contributed by atoms with Crippen LogP contribution >= 0.6 is 27.7 Å². The van der Waals surface area contributed by atoms with Gasteiger partial charge in [-0.2, -0.15) is 0 Å². The highest BCUT2D eigenvalue weighted by atomic mass is 79.9. The summed E-state index contributed by atoms with van der Waals surface area (Å²) in [4.78, 5) is 14.0. The number of amides is 1. The molecule has 3 rings (SSSR count). The lowest BCUT2D eigenvalue weighted by Gasteiger charge is -2.17. The molecule has 28 heavy (non-hydrogen) atoms. The van der Waals surface area contributed by atoms with Crippen molar-refractivity contribution >= 4 is 33.6 Å². The van der Waals surface area contributed by atoms with E-state index in [1.807, 2.05) is 54.6 Å². The summed E-state index contributed by atoms with van der Waals surface area (Å²) in [5, 5.41) is 12.4. The Morgan fingerprint density at radius 2 is 1.93 bits per heavy atom. The summed E-state index contributed by atoms with van der Waals surface area (Å²) in [6.45, 7) is 1.51. The van der Waals surface area contributed by atoms with Crippen LogP contribution in [0.3, 0.4) is 0 Å². The van der Waals surface area contributed by atoms with Crippen LogP contribution in [0.4, 0.5) is 0 Å². The average molecular weight is 462 g/mol. The van der Waals surface area contributed by atoms with Gasteiger partial charge in [-0.25, -0.2) is 4.68 Å². The summed E-state index contributed by atoms with van der Waals surface area (Å²) in [7, 11) is 1.76. The fourth-order valence-corrected chi connectivity index (χ4v) is 3.43. The molecule has 9 heteroatoms. The molecule has 3 aromatic rings. The smallest absolute Gasteiger partial charge is 0.232 e. The molecule has 0 fully saturated rings. The van der Waals surface area contributed by atoms with E-state index in [1.165, 1.54) is 11.8 Å². The van der Waals surface area contributed by atoms with Crippen molar-refractivity contribution in [2.24, 2.45) is 0 Å². The van der Waals surface area contributed by atoms with Gasteiger partial charge in [-0.1, -0.05) is 58.0 Å². The number of hydrogen-bond donors (Lipinski definition) is 0. The number of ether oxygens (including phenoxy) is 1. The molecule has 0 aliphatic rings. The number of carbonyl (C=O) groups is 1. The SMILES string of the molecule is CN(CCOc1ccc(Br)cc1)C(=O)CSc1nnnn1Cc1ccccc1. The van der Waals surface area contributed by atoms with Crippen molar-refractivity contribution in [2.45, 2.75) is 11.7 Å². The fraction of sp³-hybridized carbons (Fsp3) is 0.263. The van der Waals surface area contributed by atoms with Crippen LogP contribution in [0, 0.1) is 0 Å². The van der Waals surface area contributed by atoms with E-state index >= 15 is 0 Å². The molecule has 0 atom stereocenters. The Hall–Kier alpha value is -2.39. The molecule has 0 spiro atoms. The zero-order valence-electron chi connectivity index (χ0n) is 15.4. The summed E-state index contributed by atoms with van der Waals surface area (Å²) in [5.74, 6) is 1.04. The maximum absolute atomic E-state index is 12.4. The Bertz CT molecular complexity index is 889. The monoisotopic (exact) mass is 461 g/mol. The summed E-state index contributed by atoms with van der Waals surface area (Å²) in [6, 6.07) is 17.5. The van der Waals surface area contributed by atoms with Gasteiger partial charge in [-0.3, -0.25) is 4.79 Å². The van der Waals surface area contributed by atoms with E-state index in [4.69, 9.17) is 4.74 Å². The molecule has 0 radical (unpaired) electrons. The Morgan fingerprint density at radius 3 is 2.68 bits per heavy atom.